The van der Waals surface area contributed by atoms with Crippen LogP contribution < -0.4 is 0 Å². The van der Waals surface area contributed by atoms with Crippen molar-refractivity contribution in [3.63, 3.8) is 0 Å². The van der Waals surface area contributed by atoms with Crippen molar-refractivity contribution in [1.29, 1.82) is 0 Å². The lowest BCUT2D eigenvalue weighted by Crippen LogP contribution is -2.56. The summed E-state index contributed by atoms with van der Waals surface area (Å²) < 4.78 is 14.8. The fraction of sp³-hybridized carbons (Fsp3) is 0.200. The number of benzene rings is 1. The Labute approximate surface area is 199 Å². The molecule has 0 spiro atoms. The number of hydrogen-bond acceptors (Lipinski definition) is 6. The van der Waals surface area contributed by atoms with Crippen molar-refractivity contribution in [2.45, 2.75) is 13.0 Å². The normalized spacial score (nSPS) is 15.9. The summed E-state index contributed by atoms with van der Waals surface area (Å²) in [5.74, 6) is -2.42. The van der Waals surface area contributed by atoms with Crippen molar-refractivity contribution >= 4 is 28.5 Å². The quantitative estimate of drug-likeness (QED) is 0.361. The Morgan fingerprint density at radius 2 is 1.80 bits per heavy atom. The number of pyridine rings is 1. The Morgan fingerprint density at radius 3 is 2.51 bits per heavy atom. The van der Waals surface area contributed by atoms with Crippen molar-refractivity contribution in [3.8, 4) is 11.3 Å². The van der Waals surface area contributed by atoms with Gasteiger partial charge >= 0.3 is 0 Å². The lowest BCUT2D eigenvalue weighted by atomic mass is 10.0. The number of amides is 2. The van der Waals surface area contributed by atoms with Crippen LogP contribution in [-0.2, 0) is 4.79 Å². The molecule has 1 aromatic carbocycles. The molecule has 0 radical (unpaired) electrons. The van der Waals surface area contributed by atoms with Gasteiger partial charge < -0.3 is 14.8 Å². The predicted molar refractivity (Wildman–Crippen MR) is 125 cm³/mol. The van der Waals surface area contributed by atoms with E-state index in [2.05, 4.69) is 19.9 Å². The van der Waals surface area contributed by atoms with E-state index in [-0.39, 0.29) is 41.5 Å². The second-order valence-electron chi connectivity index (χ2n) is 8.33. The minimum Gasteiger partial charge on any atom is -0.359 e. The number of fused-ring (bicyclic) bond motifs is 1. The van der Waals surface area contributed by atoms with Gasteiger partial charge in [0.25, 0.3) is 17.6 Å². The molecule has 0 saturated carbocycles. The maximum absolute atomic E-state index is 14.8. The molecular formula is C25H21FN6O3. The molecule has 5 rings (SSSR count). The van der Waals surface area contributed by atoms with Crippen molar-refractivity contribution < 1.29 is 18.8 Å². The molecule has 35 heavy (non-hydrogen) atoms. The number of ketones is 1. The van der Waals surface area contributed by atoms with E-state index in [1.54, 1.807) is 36.1 Å². The summed E-state index contributed by atoms with van der Waals surface area (Å²) in [6, 6.07) is 8.51. The van der Waals surface area contributed by atoms with Crippen molar-refractivity contribution in [2.24, 2.45) is 0 Å². The van der Waals surface area contributed by atoms with Crippen molar-refractivity contribution in [1.82, 2.24) is 29.7 Å². The standard InChI is InChI=1S/C25H21FN6O3/c1-15-13-31(24(34)16-5-3-2-4-6-16)7-8-32(15)25(35)23(33)18-11-29-22-20(18)19(26)12-30-21(22)17-9-27-14-28-10-17/h2-6,9-12,14-15,29H,7-8,13H2,1H3. The van der Waals surface area contributed by atoms with Gasteiger partial charge in [0.05, 0.1) is 28.4 Å². The first-order chi connectivity index (χ1) is 17.0. The molecule has 2 amide bonds. The molecule has 0 bridgehead atoms. The monoisotopic (exact) mass is 472 g/mol. The highest BCUT2D eigenvalue weighted by molar-refractivity contribution is 6.45. The first-order valence-electron chi connectivity index (χ1n) is 11.1. The molecule has 10 heteroatoms. The summed E-state index contributed by atoms with van der Waals surface area (Å²) >= 11 is 0. The molecular weight excluding hydrogens is 451 g/mol. The molecule has 1 unspecified atom stereocenters. The van der Waals surface area contributed by atoms with Crippen LogP contribution in [0.15, 0.2) is 61.4 Å². The van der Waals surface area contributed by atoms with Gasteiger partial charge in [-0.3, -0.25) is 19.4 Å². The second kappa shape index (κ2) is 9.05. The average molecular weight is 472 g/mol. The van der Waals surface area contributed by atoms with E-state index in [9.17, 15) is 18.8 Å². The van der Waals surface area contributed by atoms with E-state index in [0.717, 1.165) is 6.20 Å². The SMILES string of the molecule is CC1CN(C(=O)c2ccccc2)CCN1C(=O)C(=O)c1c[nH]c2c(-c3cncnc3)ncc(F)c12. The lowest BCUT2D eigenvalue weighted by Gasteiger charge is -2.39. The molecule has 1 saturated heterocycles. The van der Waals surface area contributed by atoms with Gasteiger partial charge in [-0.1, -0.05) is 18.2 Å². The van der Waals surface area contributed by atoms with E-state index in [4.69, 9.17) is 0 Å². The Kier molecular flexibility index (Phi) is 5.77. The van der Waals surface area contributed by atoms with Crippen LogP contribution in [0.25, 0.3) is 22.2 Å². The zero-order valence-corrected chi connectivity index (χ0v) is 18.8. The summed E-state index contributed by atoms with van der Waals surface area (Å²) in [4.78, 5) is 57.1. The molecule has 4 aromatic rings. The van der Waals surface area contributed by atoms with E-state index in [0.29, 0.717) is 23.4 Å². The summed E-state index contributed by atoms with van der Waals surface area (Å²) in [5.41, 5.74) is 1.69. The molecule has 9 nitrogen and oxygen atoms in total. The maximum atomic E-state index is 14.8. The highest BCUT2D eigenvalue weighted by Gasteiger charge is 2.34. The van der Waals surface area contributed by atoms with Gasteiger partial charge in [-0.05, 0) is 19.1 Å². The molecule has 1 aliphatic rings. The molecule has 1 fully saturated rings. The number of H-pyrrole nitrogens is 1. The number of carbonyl (C=O) groups is 3. The van der Waals surface area contributed by atoms with Crippen molar-refractivity contribution in [2.75, 3.05) is 19.6 Å². The Morgan fingerprint density at radius 1 is 1.06 bits per heavy atom. The summed E-state index contributed by atoms with van der Waals surface area (Å²) in [5, 5.41) is -0.0113. The Bertz CT molecular complexity index is 1420. The minimum absolute atomic E-state index is 0.0113. The third kappa shape index (κ3) is 4.03. The number of nitrogens with zero attached hydrogens (tertiary/aromatic N) is 5. The first-order valence-corrected chi connectivity index (χ1v) is 11.1. The van der Waals surface area contributed by atoms with E-state index in [1.165, 1.54) is 29.8 Å². The minimum atomic E-state index is -0.828. The van der Waals surface area contributed by atoms with Crippen LogP contribution in [-0.4, -0.2) is 73.0 Å². The van der Waals surface area contributed by atoms with Crippen LogP contribution in [0.3, 0.4) is 0 Å². The number of piperazine rings is 1. The van der Waals surface area contributed by atoms with Gasteiger partial charge in [0.2, 0.25) is 0 Å². The molecule has 1 aliphatic heterocycles. The average Bonchev–Trinajstić information content (AvgIpc) is 3.35. The molecule has 1 N–H and O–H groups in total. The number of carbonyl (C=O) groups excluding carboxylic acids is 3. The topological polar surface area (TPSA) is 112 Å². The smallest absolute Gasteiger partial charge is 0.295 e. The number of aromatic nitrogens is 4. The molecule has 4 heterocycles. The zero-order chi connectivity index (χ0) is 24.5. The summed E-state index contributed by atoms with van der Waals surface area (Å²) in [6.45, 7) is 2.56. The van der Waals surface area contributed by atoms with Gasteiger partial charge in [0, 0.05) is 55.4 Å². The van der Waals surface area contributed by atoms with Gasteiger partial charge in [-0.25, -0.2) is 14.4 Å². The predicted octanol–water partition coefficient (Wildman–Crippen LogP) is 2.71. The number of halogens is 1. The largest absolute Gasteiger partial charge is 0.359 e. The Hall–Kier alpha value is -4.47. The third-order valence-corrected chi connectivity index (χ3v) is 6.13. The zero-order valence-electron chi connectivity index (χ0n) is 18.8. The van der Waals surface area contributed by atoms with Gasteiger partial charge in [-0.15, -0.1) is 0 Å². The number of nitrogens with one attached hydrogen (secondary N) is 1. The van der Waals surface area contributed by atoms with Crippen LogP contribution in [0.4, 0.5) is 4.39 Å². The van der Waals surface area contributed by atoms with E-state index in [1.807, 2.05) is 6.07 Å². The van der Waals surface area contributed by atoms with Crippen LogP contribution >= 0.6 is 0 Å². The van der Waals surface area contributed by atoms with Crippen LogP contribution in [0.1, 0.15) is 27.6 Å². The van der Waals surface area contributed by atoms with E-state index < -0.39 is 17.5 Å². The van der Waals surface area contributed by atoms with Gasteiger partial charge in [0.15, 0.2) is 5.82 Å². The van der Waals surface area contributed by atoms with Gasteiger partial charge in [0.1, 0.15) is 6.33 Å². The van der Waals surface area contributed by atoms with Crippen LogP contribution in [0.5, 0.6) is 0 Å². The molecule has 0 aliphatic carbocycles. The molecule has 1 atom stereocenters. The third-order valence-electron chi connectivity index (χ3n) is 6.13. The van der Waals surface area contributed by atoms with Gasteiger partial charge in [-0.2, -0.15) is 0 Å². The number of Topliss-reactive ketones (excluding diaryl/α,β-unsaturated/α-hetero) is 1. The lowest BCUT2D eigenvalue weighted by molar-refractivity contribution is -0.130. The summed E-state index contributed by atoms with van der Waals surface area (Å²) in [7, 11) is 0. The molecule has 176 valence electrons. The second-order valence-corrected chi connectivity index (χ2v) is 8.33. The maximum Gasteiger partial charge on any atom is 0.295 e. The number of hydrogen-bond donors (Lipinski definition) is 1. The number of aromatic amines is 1. The Balaban J connectivity index is 1.38. The first kappa shape index (κ1) is 22.3. The van der Waals surface area contributed by atoms with Crippen LogP contribution in [0, 0.1) is 5.82 Å². The fourth-order valence-corrected chi connectivity index (χ4v) is 4.38. The molecule has 3 aromatic heterocycles. The fourth-order valence-electron chi connectivity index (χ4n) is 4.38. The van der Waals surface area contributed by atoms with E-state index >= 15 is 0 Å². The highest BCUT2D eigenvalue weighted by atomic mass is 19.1. The number of rotatable bonds is 4. The van der Waals surface area contributed by atoms with Crippen LogP contribution in [0.2, 0.25) is 0 Å². The highest BCUT2D eigenvalue weighted by Crippen LogP contribution is 2.30. The summed E-state index contributed by atoms with van der Waals surface area (Å²) in [6.07, 6.45) is 6.75. The van der Waals surface area contributed by atoms with Crippen molar-refractivity contribution in [3.05, 3.63) is 78.4 Å².